The summed E-state index contributed by atoms with van der Waals surface area (Å²) in [5.41, 5.74) is 4.82. The molecule has 1 aromatic heterocycles. The number of nitrogens with zero attached hydrogens (tertiary/aromatic N) is 2. The average molecular weight is 531 g/mol. The van der Waals surface area contributed by atoms with E-state index < -0.39 is 13.1 Å². The van der Waals surface area contributed by atoms with E-state index in [0.717, 1.165) is 27.8 Å². The number of nitriles is 1. The summed E-state index contributed by atoms with van der Waals surface area (Å²) in [6.07, 6.45) is 3.07. The molecular formula is C30H28ClN2O3P. The highest BCUT2D eigenvalue weighted by Crippen LogP contribution is 2.45. The standard InChI is InChI=1S/C30H28ClN2O3P/c1-5-36-30(34)28-29(37(4,35)25-16-21(3)15-23(17-25)7-6-14-32)26-18-24(31)12-13-27(26)33(28)19-22-10-8-20(2)9-11-22/h6-13,15-18H,5,19H2,1-4H3/b7-6+. The average Bonchev–Trinajstić information content (AvgIpc) is 3.17. The number of benzene rings is 3. The molecule has 0 N–H and O–H groups in total. The fourth-order valence-corrected chi connectivity index (χ4v) is 7.12. The summed E-state index contributed by atoms with van der Waals surface area (Å²) in [5, 5.41) is 11.1. The van der Waals surface area contributed by atoms with Crippen LogP contribution in [-0.2, 0) is 15.8 Å². The molecule has 188 valence electrons. The van der Waals surface area contributed by atoms with Crippen molar-refractivity contribution in [3.8, 4) is 6.07 Å². The Labute approximate surface area is 222 Å². The van der Waals surface area contributed by atoms with Crippen LogP contribution in [0.2, 0.25) is 5.02 Å². The number of hydrogen-bond donors (Lipinski definition) is 0. The minimum Gasteiger partial charge on any atom is -0.461 e. The first-order chi connectivity index (χ1) is 17.6. The highest BCUT2D eigenvalue weighted by Gasteiger charge is 2.35. The molecule has 1 unspecified atom stereocenters. The van der Waals surface area contributed by atoms with Gasteiger partial charge in [0.1, 0.15) is 12.8 Å². The van der Waals surface area contributed by atoms with Gasteiger partial charge in [-0.3, -0.25) is 0 Å². The van der Waals surface area contributed by atoms with Gasteiger partial charge in [-0.2, -0.15) is 5.26 Å². The van der Waals surface area contributed by atoms with E-state index in [4.69, 9.17) is 21.6 Å². The molecule has 0 spiro atoms. The maximum Gasteiger partial charge on any atom is 0.355 e. The van der Waals surface area contributed by atoms with Crippen molar-refractivity contribution in [2.24, 2.45) is 0 Å². The van der Waals surface area contributed by atoms with Gasteiger partial charge in [-0.25, -0.2) is 4.79 Å². The van der Waals surface area contributed by atoms with Gasteiger partial charge in [0.25, 0.3) is 0 Å². The number of esters is 1. The molecule has 7 heteroatoms. The first-order valence-corrected chi connectivity index (χ1v) is 14.5. The van der Waals surface area contributed by atoms with E-state index >= 15 is 0 Å². The number of carbonyl (C=O) groups is 1. The Bertz CT molecular complexity index is 1610. The van der Waals surface area contributed by atoms with Crippen LogP contribution >= 0.6 is 18.7 Å². The zero-order valence-corrected chi connectivity index (χ0v) is 22.9. The van der Waals surface area contributed by atoms with E-state index in [1.54, 1.807) is 31.8 Å². The number of aromatic nitrogens is 1. The second kappa shape index (κ2) is 10.8. The number of aryl methyl sites for hydroxylation is 2. The molecule has 0 aliphatic carbocycles. The summed E-state index contributed by atoms with van der Waals surface area (Å²) in [7, 11) is -3.35. The summed E-state index contributed by atoms with van der Waals surface area (Å²) in [6.45, 7) is 7.95. The summed E-state index contributed by atoms with van der Waals surface area (Å²) < 4.78 is 22.2. The molecular weight excluding hydrogens is 503 g/mol. The van der Waals surface area contributed by atoms with Gasteiger partial charge in [-0.1, -0.05) is 47.5 Å². The van der Waals surface area contributed by atoms with Gasteiger partial charge >= 0.3 is 5.97 Å². The summed E-state index contributed by atoms with van der Waals surface area (Å²) in [5.74, 6) is -0.531. The van der Waals surface area contributed by atoms with Crippen molar-refractivity contribution in [1.82, 2.24) is 4.57 Å². The molecule has 0 aliphatic rings. The fraction of sp³-hybridized carbons (Fsp3) is 0.200. The number of ether oxygens (including phenoxy) is 1. The Morgan fingerprint density at radius 1 is 1.08 bits per heavy atom. The molecule has 1 atom stereocenters. The third-order valence-corrected chi connectivity index (χ3v) is 9.07. The summed E-state index contributed by atoms with van der Waals surface area (Å²) in [4.78, 5) is 13.5. The van der Waals surface area contributed by atoms with E-state index in [2.05, 4.69) is 0 Å². The maximum absolute atomic E-state index is 14.8. The molecule has 0 aliphatic heterocycles. The second-order valence-electron chi connectivity index (χ2n) is 9.14. The van der Waals surface area contributed by atoms with Crippen LogP contribution < -0.4 is 10.6 Å². The lowest BCUT2D eigenvalue weighted by molar-refractivity contribution is 0.0516. The number of rotatable bonds is 7. The van der Waals surface area contributed by atoms with Gasteiger partial charge < -0.3 is 13.9 Å². The second-order valence-corrected chi connectivity index (χ2v) is 12.4. The van der Waals surface area contributed by atoms with Crippen LogP contribution in [0.25, 0.3) is 17.0 Å². The number of halogens is 1. The molecule has 0 saturated heterocycles. The summed E-state index contributed by atoms with van der Waals surface area (Å²) >= 11 is 6.42. The van der Waals surface area contributed by atoms with Crippen molar-refractivity contribution < 1.29 is 14.1 Å². The monoisotopic (exact) mass is 530 g/mol. The van der Waals surface area contributed by atoms with Crippen LogP contribution in [0.3, 0.4) is 0 Å². The molecule has 3 aromatic carbocycles. The zero-order valence-electron chi connectivity index (χ0n) is 21.3. The van der Waals surface area contributed by atoms with Crippen LogP contribution in [0.4, 0.5) is 0 Å². The Morgan fingerprint density at radius 3 is 2.49 bits per heavy atom. The molecule has 0 radical (unpaired) electrons. The maximum atomic E-state index is 14.8. The van der Waals surface area contributed by atoms with E-state index in [-0.39, 0.29) is 12.3 Å². The smallest absolute Gasteiger partial charge is 0.355 e. The SMILES string of the molecule is CCOC(=O)c1c(P(C)(=O)c2cc(C)cc(/C=C/C#N)c2)c2cc(Cl)ccc2n1Cc1ccc(C)cc1. The first kappa shape index (κ1) is 26.5. The lowest BCUT2D eigenvalue weighted by atomic mass is 10.1. The number of hydrogen-bond acceptors (Lipinski definition) is 4. The number of fused-ring (bicyclic) bond motifs is 1. The highest BCUT2D eigenvalue weighted by molar-refractivity contribution is 7.78. The van der Waals surface area contributed by atoms with Gasteiger partial charge in [0.05, 0.1) is 18.0 Å². The number of carbonyl (C=O) groups excluding carboxylic acids is 1. The van der Waals surface area contributed by atoms with E-state index in [9.17, 15) is 9.36 Å². The summed E-state index contributed by atoms with van der Waals surface area (Å²) in [6, 6.07) is 21.1. The van der Waals surface area contributed by atoms with Crippen LogP contribution in [-0.4, -0.2) is 23.8 Å². The molecule has 0 saturated carbocycles. The van der Waals surface area contributed by atoms with Crippen molar-refractivity contribution in [3.05, 3.63) is 99.7 Å². The molecule has 0 amide bonds. The van der Waals surface area contributed by atoms with Crippen LogP contribution in [0, 0.1) is 25.2 Å². The van der Waals surface area contributed by atoms with Crippen molar-refractivity contribution >= 4 is 52.3 Å². The van der Waals surface area contributed by atoms with Gasteiger partial charge in [0, 0.05) is 33.9 Å². The quantitative estimate of drug-likeness (QED) is 0.153. The Morgan fingerprint density at radius 2 is 1.81 bits per heavy atom. The fourth-order valence-electron chi connectivity index (χ4n) is 4.58. The lowest BCUT2D eigenvalue weighted by Crippen LogP contribution is -2.25. The lowest BCUT2D eigenvalue weighted by Gasteiger charge is -2.18. The van der Waals surface area contributed by atoms with Crippen molar-refractivity contribution in [2.45, 2.75) is 27.3 Å². The van der Waals surface area contributed by atoms with Gasteiger partial charge in [-0.05, 0) is 80.5 Å². The Balaban J connectivity index is 2.04. The predicted molar refractivity (Wildman–Crippen MR) is 152 cm³/mol. The minimum atomic E-state index is -3.35. The highest BCUT2D eigenvalue weighted by atomic mass is 35.5. The third-order valence-electron chi connectivity index (χ3n) is 6.28. The van der Waals surface area contributed by atoms with Crippen molar-refractivity contribution in [2.75, 3.05) is 13.3 Å². The molecule has 4 aromatic rings. The number of allylic oxidation sites excluding steroid dienone is 1. The molecule has 0 bridgehead atoms. The Kier molecular flexibility index (Phi) is 7.73. The normalized spacial score (nSPS) is 13.0. The Hall–Kier alpha value is -3.58. The first-order valence-electron chi connectivity index (χ1n) is 12.0. The van der Waals surface area contributed by atoms with Crippen molar-refractivity contribution in [3.63, 3.8) is 0 Å². The molecule has 37 heavy (non-hydrogen) atoms. The van der Waals surface area contributed by atoms with E-state index in [0.29, 0.717) is 27.6 Å². The minimum absolute atomic E-state index is 0.187. The van der Waals surface area contributed by atoms with Gasteiger partial charge in [0.2, 0.25) is 0 Å². The molecule has 0 fully saturated rings. The predicted octanol–water partition coefficient (Wildman–Crippen LogP) is 6.62. The van der Waals surface area contributed by atoms with Crippen LogP contribution in [0.15, 0.2) is 66.7 Å². The molecule has 4 rings (SSSR count). The van der Waals surface area contributed by atoms with Gasteiger partial charge in [-0.15, -0.1) is 0 Å². The van der Waals surface area contributed by atoms with E-state index in [1.165, 1.54) is 6.08 Å². The van der Waals surface area contributed by atoms with Crippen LogP contribution in [0.5, 0.6) is 0 Å². The van der Waals surface area contributed by atoms with E-state index in [1.807, 2.05) is 73.0 Å². The topological polar surface area (TPSA) is 72.1 Å². The third kappa shape index (κ3) is 5.42. The zero-order chi connectivity index (χ0) is 26.7. The van der Waals surface area contributed by atoms with Gasteiger partial charge in [0.15, 0.2) is 0 Å². The largest absolute Gasteiger partial charge is 0.461 e. The molecule has 5 nitrogen and oxygen atoms in total. The molecule has 1 heterocycles. The van der Waals surface area contributed by atoms with Crippen molar-refractivity contribution in [1.29, 1.82) is 5.26 Å². The van der Waals surface area contributed by atoms with Crippen LogP contribution in [0.1, 0.15) is 39.7 Å².